The molecule has 0 radical (unpaired) electrons. The molecule has 1 fully saturated rings. The second-order valence-corrected chi connectivity index (χ2v) is 9.52. The number of aryl methyl sites for hydroxylation is 2. The number of aromatic nitrogens is 5. The van der Waals surface area contributed by atoms with E-state index in [-0.39, 0.29) is 5.92 Å². The van der Waals surface area contributed by atoms with Crippen molar-refractivity contribution < 1.29 is 18.3 Å². The fourth-order valence-corrected chi connectivity index (χ4v) is 5.74. The van der Waals surface area contributed by atoms with E-state index in [1.807, 2.05) is 41.7 Å². The van der Waals surface area contributed by atoms with Gasteiger partial charge in [-0.15, -0.1) is 0 Å². The summed E-state index contributed by atoms with van der Waals surface area (Å²) in [5, 5.41) is 5.23. The van der Waals surface area contributed by atoms with Gasteiger partial charge in [-0.2, -0.15) is 5.10 Å². The number of hydrogen-bond donors (Lipinski definition) is 0. The highest BCUT2D eigenvalue weighted by atomic mass is 19.2. The first-order valence-electron chi connectivity index (χ1n) is 12.3. The first-order chi connectivity index (χ1) is 18.0. The summed E-state index contributed by atoms with van der Waals surface area (Å²) in [6.07, 6.45) is 6.74. The number of methoxy groups -OCH3 is 1. The van der Waals surface area contributed by atoms with Crippen LogP contribution in [0, 0.1) is 24.5 Å². The monoisotopic (exact) mass is 503 g/mol. The van der Waals surface area contributed by atoms with E-state index >= 15 is 4.39 Å². The summed E-state index contributed by atoms with van der Waals surface area (Å²) in [4.78, 5) is 9.33. The highest BCUT2D eigenvalue weighted by Gasteiger charge is 2.34. The van der Waals surface area contributed by atoms with Crippen molar-refractivity contribution in [2.45, 2.75) is 25.8 Å². The minimum absolute atomic E-state index is 0.00384. The molecule has 0 N–H and O–H groups in total. The molecule has 1 aliphatic rings. The minimum Gasteiger partial charge on any atom is -0.479 e. The molecule has 6 rings (SSSR count). The number of rotatable bonds is 5. The zero-order chi connectivity index (χ0) is 25.7. The molecular formula is C28H27F2N5O2. The molecule has 0 bridgehead atoms. The Morgan fingerprint density at radius 3 is 2.65 bits per heavy atom. The summed E-state index contributed by atoms with van der Waals surface area (Å²) >= 11 is 0. The van der Waals surface area contributed by atoms with Crippen LogP contribution in [0.5, 0.6) is 5.88 Å². The molecule has 0 spiro atoms. The summed E-state index contributed by atoms with van der Waals surface area (Å²) in [5.74, 6) is -1.31. The molecular weight excluding hydrogens is 476 g/mol. The lowest BCUT2D eigenvalue weighted by Gasteiger charge is -2.33. The van der Waals surface area contributed by atoms with Crippen LogP contribution in [0.3, 0.4) is 0 Å². The van der Waals surface area contributed by atoms with E-state index in [0.717, 1.165) is 39.3 Å². The standard InChI is InChI=1S/C28H27F2N5O2/c1-16-14-33-34(2)25(16)18-13-22-24(32-15-18)20-7-10-31-28(36-3)27(20)35(22)26(17-8-11-37-12-9-17)19-5-4-6-21(29)23(19)30/h4-7,10,13-15,17,26H,8-9,11-12H2,1-3H3. The molecule has 5 heterocycles. The number of ether oxygens (including phenoxy) is 2. The number of hydrogen-bond acceptors (Lipinski definition) is 5. The summed E-state index contributed by atoms with van der Waals surface area (Å²) in [6.45, 7) is 3.12. The SMILES string of the molecule is COc1nccc2c3ncc(-c4c(C)cnn4C)cc3n(C(c3cccc(F)c3F)C3CCOCC3)c12. The average Bonchev–Trinajstić information content (AvgIpc) is 3.43. The van der Waals surface area contributed by atoms with Crippen molar-refractivity contribution in [3.05, 3.63) is 71.7 Å². The van der Waals surface area contributed by atoms with Crippen molar-refractivity contribution in [2.24, 2.45) is 13.0 Å². The van der Waals surface area contributed by atoms with Crippen molar-refractivity contribution in [3.8, 4) is 17.1 Å². The predicted molar refractivity (Wildman–Crippen MR) is 137 cm³/mol. The summed E-state index contributed by atoms with van der Waals surface area (Å²) in [7, 11) is 3.45. The summed E-state index contributed by atoms with van der Waals surface area (Å²) < 4.78 is 45.3. The Kier molecular flexibility index (Phi) is 5.87. The van der Waals surface area contributed by atoms with Gasteiger partial charge in [0.2, 0.25) is 5.88 Å². The van der Waals surface area contributed by atoms with Crippen molar-refractivity contribution in [3.63, 3.8) is 0 Å². The molecule has 1 aromatic carbocycles. The lowest BCUT2D eigenvalue weighted by Crippen LogP contribution is -2.28. The molecule has 5 aromatic rings. The van der Waals surface area contributed by atoms with E-state index in [2.05, 4.69) is 16.1 Å². The van der Waals surface area contributed by atoms with Crippen LogP contribution >= 0.6 is 0 Å². The van der Waals surface area contributed by atoms with Crippen LogP contribution in [0.4, 0.5) is 8.78 Å². The highest BCUT2D eigenvalue weighted by molar-refractivity contribution is 6.08. The molecule has 0 aliphatic carbocycles. The lowest BCUT2D eigenvalue weighted by molar-refractivity contribution is 0.0547. The smallest absolute Gasteiger partial charge is 0.238 e. The van der Waals surface area contributed by atoms with Gasteiger partial charge in [0.15, 0.2) is 11.6 Å². The van der Waals surface area contributed by atoms with Crippen LogP contribution in [-0.4, -0.2) is 44.6 Å². The topological polar surface area (TPSA) is 67.0 Å². The molecule has 190 valence electrons. The number of fused-ring (bicyclic) bond motifs is 3. The van der Waals surface area contributed by atoms with Crippen LogP contribution in [-0.2, 0) is 11.8 Å². The van der Waals surface area contributed by atoms with Crippen LogP contribution in [0.2, 0.25) is 0 Å². The maximum absolute atomic E-state index is 15.5. The fraction of sp³-hybridized carbons (Fsp3) is 0.321. The second-order valence-electron chi connectivity index (χ2n) is 9.52. The van der Waals surface area contributed by atoms with Gasteiger partial charge in [0.05, 0.1) is 36.1 Å². The van der Waals surface area contributed by atoms with Crippen LogP contribution < -0.4 is 4.74 Å². The average molecular weight is 504 g/mol. The van der Waals surface area contributed by atoms with Crippen molar-refractivity contribution in [1.29, 1.82) is 0 Å². The van der Waals surface area contributed by atoms with Crippen molar-refractivity contribution in [1.82, 2.24) is 24.3 Å². The third-order valence-corrected chi connectivity index (χ3v) is 7.39. The van der Waals surface area contributed by atoms with Gasteiger partial charge in [-0.3, -0.25) is 9.67 Å². The van der Waals surface area contributed by atoms with Crippen molar-refractivity contribution in [2.75, 3.05) is 20.3 Å². The lowest BCUT2D eigenvalue weighted by atomic mass is 9.86. The normalized spacial score (nSPS) is 15.5. The van der Waals surface area contributed by atoms with E-state index in [9.17, 15) is 4.39 Å². The third kappa shape index (κ3) is 3.76. The molecule has 1 atom stereocenters. The van der Waals surface area contributed by atoms with E-state index < -0.39 is 17.7 Å². The second kappa shape index (κ2) is 9.23. The maximum Gasteiger partial charge on any atom is 0.238 e. The van der Waals surface area contributed by atoms with Gasteiger partial charge < -0.3 is 14.0 Å². The van der Waals surface area contributed by atoms with E-state index in [0.29, 0.717) is 43.0 Å². The van der Waals surface area contributed by atoms with Gasteiger partial charge >= 0.3 is 0 Å². The maximum atomic E-state index is 15.5. The van der Waals surface area contributed by atoms with Crippen LogP contribution in [0.25, 0.3) is 33.2 Å². The number of benzene rings is 1. The third-order valence-electron chi connectivity index (χ3n) is 7.39. The Labute approximate surface area is 212 Å². The molecule has 1 aliphatic heterocycles. The van der Waals surface area contributed by atoms with Gasteiger partial charge in [-0.25, -0.2) is 13.8 Å². The van der Waals surface area contributed by atoms with E-state index in [1.165, 1.54) is 0 Å². The molecule has 9 heteroatoms. The van der Waals surface area contributed by atoms with E-state index in [1.54, 1.807) is 25.4 Å². The molecule has 37 heavy (non-hydrogen) atoms. The number of nitrogens with zero attached hydrogens (tertiary/aromatic N) is 5. The molecule has 0 saturated carbocycles. The van der Waals surface area contributed by atoms with Gasteiger partial charge in [0.1, 0.15) is 5.52 Å². The van der Waals surface area contributed by atoms with Crippen LogP contribution in [0.1, 0.15) is 30.0 Å². The molecule has 4 aromatic heterocycles. The first-order valence-corrected chi connectivity index (χ1v) is 12.3. The van der Waals surface area contributed by atoms with Gasteiger partial charge in [-0.05, 0) is 49.4 Å². The Hall–Kier alpha value is -3.85. The Bertz CT molecular complexity index is 1600. The number of pyridine rings is 2. The molecule has 1 unspecified atom stereocenters. The largest absolute Gasteiger partial charge is 0.479 e. The van der Waals surface area contributed by atoms with Crippen molar-refractivity contribution >= 4 is 21.9 Å². The van der Waals surface area contributed by atoms with Gasteiger partial charge in [0, 0.05) is 49.2 Å². The predicted octanol–water partition coefficient (Wildman–Crippen LogP) is 5.60. The Morgan fingerprint density at radius 2 is 1.92 bits per heavy atom. The van der Waals surface area contributed by atoms with E-state index in [4.69, 9.17) is 14.5 Å². The van der Waals surface area contributed by atoms with Crippen LogP contribution in [0.15, 0.2) is 48.9 Å². The first kappa shape index (κ1) is 23.5. The Morgan fingerprint density at radius 1 is 1.11 bits per heavy atom. The Balaban J connectivity index is 1.72. The number of halogens is 2. The molecule has 7 nitrogen and oxygen atoms in total. The quantitative estimate of drug-likeness (QED) is 0.313. The molecule has 1 saturated heterocycles. The zero-order valence-corrected chi connectivity index (χ0v) is 20.9. The van der Waals surface area contributed by atoms with Gasteiger partial charge in [-0.1, -0.05) is 12.1 Å². The zero-order valence-electron chi connectivity index (χ0n) is 20.9. The summed E-state index contributed by atoms with van der Waals surface area (Å²) in [6, 6.07) is 7.80. The molecule has 0 amide bonds. The summed E-state index contributed by atoms with van der Waals surface area (Å²) in [5.41, 5.74) is 5.36. The highest BCUT2D eigenvalue weighted by Crippen LogP contribution is 2.43. The minimum atomic E-state index is -0.871. The van der Waals surface area contributed by atoms with Gasteiger partial charge in [0.25, 0.3) is 0 Å². The fourth-order valence-electron chi connectivity index (χ4n) is 5.74.